The fraction of sp³-hybridized carbons (Fsp3) is 0.294. The van der Waals surface area contributed by atoms with E-state index in [2.05, 4.69) is 18.2 Å². The molecule has 1 aliphatic carbocycles. The van der Waals surface area contributed by atoms with Crippen molar-refractivity contribution in [2.45, 2.75) is 29.8 Å². The Morgan fingerprint density at radius 1 is 1.15 bits per heavy atom. The van der Waals surface area contributed by atoms with Crippen LogP contribution in [0.2, 0.25) is 0 Å². The van der Waals surface area contributed by atoms with E-state index in [0.717, 1.165) is 12.8 Å². The molecule has 20 heavy (non-hydrogen) atoms. The normalized spacial score (nSPS) is 18.2. The molecule has 0 spiro atoms. The first-order valence-corrected chi connectivity index (χ1v) is 7.86. The topological polar surface area (TPSA) is 20.2 Å². The second-order valence-electron chi connectivity index (χ2n) is 5.23. The van der Waals surface area contributed by atoms with Gasteiger partial charge in [-0.15, -0.1) is 11.8 Å². The quantitative estimate of drug-likeness (QED) is 0.839. The number of hydrogen-bond acceptors (Lipinski definition) is 2. The SMILES string of the molecule is OC(CSc1ccccc1F)CC1Cc2ccccc21. The van der Waals surface area contributed by atoms with Gasteiger partial charge in [0.05, 0.1) is 6.10 Å². The van der Waals surface area contributed by atoms with E-state index in [1.807, 2.05) is 12.1 Å². The summed E-state index contributed by atoms with van der Waals surface area (Å²) in [5.74, 6) is 0.792. The summed E-state index contributed by atoms with van der Waals surface area (Å²) in [7, 11) is 0. The molecule has 2 unspecified atom stereocenters. The van der Waals surface area contributed by atoms with Crippen molar-refractivity contribution in [3.63, 3.8) is 0 Å². The van der Waals surface area contributed by atoms with Crippen LogP contribution >= 0.6 is 11.8 Å². The molecule has 0 saturated carbocycles. The van der Waals surface area contributed by atoms with Crippen molar-refractivity contribution in [1.29, 1.82) is 0 Å². The van der Waals surface area contributed by atoms with E-state index in [1.165, 1.54) is 29.0 Å². The van der Waals surface area contributed by atoms with E-state index >= 15 is 0 Å². The predicted octanol–water partition coefficient (Wildman–Crippen LogP) is 4.01. The van der Waals surface area contributed by atoms with Crippen LogP contribution in [0, 0.1) is 5.82 Å². The summed E-state index contributed by atoms with van der Waals surface area (Å²) in [5, 5.41) is 10.1. The van der Waals surface area contributed by atoms with E-state index < -0.39 is 6.10 Å². The lowest BCUT2D eigenvalue weighted by Crippen LogP contribution is -2.23. The molecule has 2 aromatic carbocycles. The number of hydrogen-bond donors (Lipinski definition) is 1. The fourth-order valence-corrected chi connectivity index (χ4v) is 3.61. The second-order valence-corrected chi connectivity index (χ2v) is 6.29. The van der Waals surface area contributed by atoms with Crippen molar-refractivity contribution < 1.29 is 9.50 Å². The number of thioether (sulfide) groups is 1. The summed E-state index contributed by atoms with van der Waals surface area (Å²) in [6, 6.07) is 15.1. The summed E-state index contributed by atoms with van der Waals surface area (Å²) in [6.45, 7) is 0. The summed E-state index contributed by atoms with van der Waals surface area (Å²) < 4.78 is 13.5. The molecule has 0 amide bonds. The molecule has 2 aromatic rings. The van der Waals surface area contributed by atoms with Gasteiger partial charge in [0, 0.05) is 10.6 Å². The Hall–Kier alpha value is -1.32. The van der Waals surface area contributed by atoms with E-state index in [4.69, 9.17) is 0 Å². The van der Waals surface area contributed by atoms with E-state index in [0.29, 0.717) is 16.6 Å². The first kappa shape index (κ1) is 13.7. The Bertz CT molecular complexity index is 599. The molecule has 0 saturated heterocycles. The van der Waals surface area contributed by atoms with Crippen LogP contribution in [0.15, 0.2) is 53.4 Å². The van der Waals surface area contributed by atoms with Gasteiger partial charge in [0.1, 0.15) is 5.82 Å². The first-order chi connectivity index (χ1) is 9.74. The Labute approximate surface area is 122 Å². The highest BCUT2D eigenvalue weighted by Crippen LogP contribution is 2.38. The van der Waals surface area contributed by atoms with Gasteiger partial charge in [-0.1, -0.05) is 36.4 Å². The standard InChI is InChI=1S/C17H17FOS/c18-16-7-3-4-8-17(16)20-11-14(19)10-13-9-12-5-1-2-6-15(12)13/h1-8,13-14,19H,9-11H2. The van der Waals surface area contributed by atoms with Crippen molar-refractivity contribution in [3.05, 3.63) is 65.5 Å². The zero-order chi connectivity index (χ0) is 13.9. The van der Waals surface area contributed by atoms with Gasteiger partial charge >= 0.3 is 0 Å². The maximum absolute atomic E-state index is 13.5. The van der Waals surface area contributed by atoms with Gasteiger partial charge in [-0.2, -0.15) is 0 Å². The van der Waals surface area contributed by atoms with Crippen molar-refractivity contribution in [1.82, 2.24) is 0 Å². The number of aliphatic hydroxyl groups is 1. The van der Waals surface area contributed by atoms with Gasteiger partial charge < -0.3 is 5.11 Å². The minimum Gasteiger partial charge on any atom is -0.392 e. The monoisotopic (exact) mass is 288 g/mol. The van der Waals surface area contributed by atoms with Gasteiger partial charge in [-0.25, -0.2) is 4.39 Å². The van der Waals surface area contributed by atoms with Gasteiger partial charge in [0.15, 0.2) is 0 Å². The summed E-state index contributed by atoms with van der Waals surface area (Å²) in [4.78, 5) is 0.612. The molecule has 0 aromatic heterocycles. The Kier molecular flexibility index (Phi) is 4.08. The Morgan fingerprint density at radius 3 is 2.70 bits per heavy atom. The highest BCUT2D eigenvalue weighted by atomic mass is 32.2. The molecule has 3 rings (SSSR count). The second kappa shape index (κ2) is 5.98. The lowest BCUT2D eigenvalue weighted by molar-refractivity contribution is 0.175. The molecule has 104 valence electrons. The van der Waals surface area contributed by atoms with Crippen LogP contribution in [0.1, 0.15) is 23.5 Å². The number of rotatable bonds is 5. The van der Waals surface area contributed by atoms with E-state index in [-0.39, 0.29) is 5.82 Å². The van der Waals surface area contributed by atoms with Crippen LogP contribution in [-0.4, -0.2) is 17.0 Å². The molecule has 0 fully saturated rings. The van der Waals surface area contributed by atoms with Crippen LogP contribution < -0.4 is 0 Å². The molecule has 1 nitrogen and oxygen atoms in total. The van der Waals surface area contributed by atoms with Crippen LogP contribution in [0.5, 0.6) is 0 Å². The average molecular weight is 288 g/mol. The van der Waals surface area contributed by atoms with Gasteiger partial charge in [-0.3, -0.25) is 0 Å². The average Bonchev–Trinajstić information content (AvgIpc) is 2.44. The third-order valence-electron chi connectivity index (χ3n) is 3.79. The molecule has 1 N–H and O–H groups in total. The third kappa shape index (κ3) is 2.89. The van der Waals surface area contributed by atoms with Crippen molar-refractivity contribution in [2.24, 2.45) is 0 Å². The maximum Gasteiger partial charge on any atom is 0.136 e. The molecule has 0 aliphatic heterocycles. The Morgan fingerprint density at radius 2 is 1.90 bits per heavy atom. The first-order valence-electron chi connectivity index (χ1n) is 6.87. The smallest absolute Gasteiger partial charge is 0.136 e. The maximum atomic E-state index is 13.5. The zero-order valence-corrected chi connectivity index (χ0v) is 11.9. The molecular weight excluding hydrogens is 271 g/mol. The lowest BCUT2D eigenvalue weighted by atomic mass is 9.75. The van der Waals surface area contributed by atoms with Gasteiger partial charge in [-0.05, 0) is 42.0 Å². The van der Waals surface area contributed by atoms with Crippen molar-refractivity contribution >= 4 is 11.8 Å². The zero-order valence-electron chi connectivity index (χ0n) is 11.1. The summed E-state index contributed by atoms with van der Waals surface area (Å²) >= 11 is 1.39. The highest BCUT2D eigenvalue weighted by Gasteiger charge is 2.27. The number of halogens is 1. The van der Waals surface area contributed by atoms with Gasteiger partial charge in [0.25, 0.3) is 0 Å². The lowest BCUT2D eigenvalue weighted by Gasteiger charge is -2.31. The van der Waals surface area contributed by atoms with E-state index in [1.54, 1.807) is 12.1 Å². The third-order valence-corrected chi connectivity index (χ3v) is 4.98. The van der Waals surface area contributed by atoms with E-state index in [9.17, 15) is 9.50 Å². The minimum atomic E-state index is -0.391. The Balaban J connectivity index is 1.52. The molecule has 0 heterocycles. The van der Waals surface area contributed by atoms with Crippen LogP contribution in [0.4, 0.5) is 4.39 Å². The van der Waals surface area contributed by atoms with Crippen molar-refractivity contribution in [3.8, 4) is 0 Å². The molecule has 0 radical (unpaired) electrons. The van der Waals surface area contributed by atoms with Gasteiger partial charge in [0.2, 0.25) is 0 Å². The molecule has 2 atom stereocenters. The summed E-state index contributed by atoms with van der Waals surface area (Å²) in [6.07, 6.45) is 1.42. The molecular formula is C17H17FOS. The minimum absolute atomic E-state index is 0.210. The number of fused-ring (bicyclic) bond motifs is 1. The van der Waals surface area contributed by atoms with Crippen LogP contribution in [-0.2, 0) is 6.42 Å². The largest absolute Gasteiger partial charge is 0.392 e. The summed E-state index contributed by atoms with van der Waals surface area (Å²) in [5.41, 5.74) is 2.76. The van der Waals surface area contributed by atoms with Crippen LogP contribution in [0.3, 0.4) is 0 Å². The predicted molar refractivity (Wildman–Crippen MR) is 80.6 cm³/mol. The molecule has 3 heteroatoms. The number of aliphatic hydroxyl groups excluding tert-OH is 1. The van der Waals surface area contributed by atoms with Crippen LogP contribution in [0.25, 0.3) is 0 Å². The van der Waals surface area contributed by atoms with Crippen molar-refractivity contribution in [2.75, 3.05) is 5.75 Å². The fourth-order valence-electron chi connectivity index (χ4n) is 2.72. The molecule has 1 aliphatic rings. The number of benzene rings is 2. The highest BCUT2D eigenvalue weighted by molar-refractivity contribution is 7.99. The molecule has 0 bridgehead atoms.